The number of halogens is 1. The molecule has 6 nitrogen and oxygen atoms in total. The van der Waals surface area contributed by atoms with Crippen LogP contribution >= 0.6 is 34.7 Å². The molecule has 3 heterocycles. The first-order chi connectivity index (χ1) is 14.4. The lowest BCUT2D eigenvalue weighted by Gasteiger charge is -2.34. The molecule has 0 radical (unpaired) electrons. The number of ether oxygens (including phenoxy) is 1. The van der Waals surface area contributed by atoms with E-state index >= 15 is 0 Å². The van der Waals surface area contributed by atoms with Gasteiger partial charge in [-0.1, -0.05) is 23.7 Å². The van der Waals surface area contributed by atoms with Crippen LogP contribution < -0.4 is 0 Å². The highest BCUT2D eigenvalue weighted by Gasteiger charge is 2.32. The summed E-state index contributed by atoms with van der Waals surface area (Å²) in [6.07, 6.45) is 2.41. The SMILES string of the molecule is O=C(c1ccccc1SC[C@@H]1CCCO1)N1CCN(S(=O)(=O)c2ccc(Cl)s2)CC1. The maximum absolute atomic E-state index is 13.1. The van der Waals surface area contributed by atoms with Crippen molar-refractivity contribution in [1.82, 2.24) is 9.21 Å². The summed E-state index contributed by atoms with van der Waals surface area (Å²) in [4.78, 5) is 15.8. The Labute approximate surface area is 190 Å². The minimum Gasteiger partial charge on any atom is -0.377 e. The van der Waals surface area contributed by atoms with E-state index in [2.05, 4.69) is 0 Å². The van der Waals surface area contributed by atoms with Crippen LogP contribution in [0, 0.1) is 0 Å². The highest BCUT2D eigenvalue weighted by atomic mass is 35.5. The fourth-order valence-corrected chi connectivity index (χ4v) is 7.77. The van der Waals surface area contributed by atoms with Crippen LogP contribution in [0.1, 0.15) is 23.2 Å². The van der Waals surface area contributed by atoms with Crippen molar-refractivity contribution < 1.29 is 17.9 Å². The van der Waals surface area contributed by atoms with Crippen molar-refractivity contribution in [3.05, 3.63) is 46.3 Å². The second-order valence-corrected chi connectivity index (χ2v) is 12.1. The molecule has 2 aliphatic rings. The third kappa shape index (κ3) is 4.87. The zero-order chi connectivity index (χ0) is 21.1. The Morgan fingerprint density at radius 1 is 1.17 bits per heavy atom. The van der Waals surface area contributed by atoms with Gasteiger partial charge in [0.1, 0.15) is 4.21 Å². The summed E-state index contributed by atoms with van der Waals surface area (Å²) in [6, 6.07) is 10.7. The van der Waals surface area contributed by atoms with Gasteiger partial charge in [0, 0.05) is 43.4 Å². The van der Waals surface area contributed by atoms with Crippen LogP contribution in [0.3, 0.4) is 0 Å². The summed E-state index contributed by atoms with van der Waals surface area (Å²) in [6.45, 7) is 2.09. The number of carbonyl (C=O) groups excluding carboxylic acids is 1. The lowest BCUT2D eigenvalue weighted by molar-refractivity contribution is 0.0694. The Kier molecular flexibility index (Phi) is 7.06. The monoisotopic (exact) mass is 486 g/mol. The second-order valence-electron chi connectivity index (χ2n) is 7.20. The van der Waals surface area contributed by atoms with Crippen molar-refractivity contribution in [2.75, 3.05) is 38.5 Å². The van der Waals surface area contributed by atoms with Gasteiger partial charge in [0.05, 0.1) is 16.0 Å². The van der Waals surface area contributed by atoms with Crippen molar-refractivity contribution in [3.63, 3.8) is 0 Å². The number of piperazine rings is 1. The van der Waals surface area contributed by atoms with E-state index < -0.39 is 10.0 Å². The number of thiophene rings is 1. The van der Waals surface area contributed by atoms with Crippen LogP contribution in [-0.2, 0) is 14.8 Å². The highest BCUT2D eigenvalue weighted by molar-refractivity contribution is 7.99. The molecule has 0 N–H and O–H groups in total. The molecule has 2 saturated heterocycles. The van der Waals surface area contributed by atoms with E-state index in [9.17, 15) is 13.2 Å². The van der Waals surface area contributed by atoms with Crippen molar-refractivity contribution >= 4 is 50.6 Å². The maximum atomic E-state index is 13.1. The molecule has 4 rings (SSSR count). The molecule has 2 fully saturated rings. The number of benzene rings is 1. The Morgan fingerprint density at radius 2 is 1.93 bits per heavy atom. The van der Waals surface area contributed by atoms with Crippen LogP contribution in [-0.4, -0.2) is 68.2 Å². The number of hydrogen-bond acceptors (Lipinski definition) is 6. The quantitative estimate of drug-likeness (QED) is 0.581. The number of rotatable bonds is 6. The molecule has 0 bridgehead atoms. The average molecular weight is 487 g/mol. The van der Waals surface area contributed by atoms with Gasteiger partial charge in [-0.3, -0.25) is 4.79 Å². The Balaban J connectivity index is 1.40. The third-order valence-corrected chi connectivity index (χ3v) is 10.0. The summed E-state index contributed by atoms with van der Waals surface area (Å²) in [5.41, 5.74) is 0.668. The van der Waals surface area contributed by atoms with E-state index in [1.807, 2.05) is 24.3 Å². The van der Waals surface area contributed by atoms with Gasteiger partial charge in [-0.05, 0) is 37.1 Å². The van der Waals surface area contributed by atoms with Gasteiger partial charge in [-0.2, -0.15) is 4.31 Å². The summed E-state index contributed by atoms with van der Waals surface area (Å²) in [5, 5.41) is 0. The molecule has 1 aromatic carbocycles. The van der Waals surface area contributed by atoms with Gasteiger partial charge < -0.3 is 9.64 Å². The van der Waals surface area contributed by atoms with E-state index in [1.54, 1.807) is 22.7 Å². The summed E-state index contributed by atoms with van der Waals surface area (Å²) >= 11 is 8.60. The van der Waals surface area contributed by atoms with Gasteiger partial charge in [-0.15, -0.1) is 23.1 Å². The Morgan fingerprint density at radius 3 is 2.60 bits per heavy atom. The van der Waals surface area contributed by atoms with Gasteiger partial charge in [0.2, 0.25) is 0 Å². The number of hydrogen-bond donors (Lipinski definition) is 0. The number of sulfonamides is 1. The zero-order valence-corrected chi connectivity index (χ0v) is 19.5. The van der Waals surface area contributed by atoms with E-state index in [4.69, 9.17) is 16.3 Å². The van der Waals surface area contributed by atoms with Crippen molar-refractivity contribution in [2.45, 2.75) is 28.1 Å². The van der Waals surface area contributed by atoms with Crippen molar-refractivity contribution in [1.29, 1.82) is 0 Å². The smallest absolute Gasteiger partial charge is 0.255 e. The molecule has 30 heavy (non-hydrogen) atoms. The first kappa shape index (κ1) is 22.1. The Hall–Kier alpha value is -1.10. The van der Waals surface area contributed by atoms with E-state index in [1.165, 1.54) is 10.4 Å². The lowest BCUT2D eigenvalue weighted by Crippen LogP contribution is -2.50. The van der Waals surface area contributed by atoms with Crippen molar-refractivity contribution in [2.24, 2.45) is 0 Å². The molecular weight excluding hydrogens is 464 g/mol. The Bertz CT molecular complexity index is 997. The molecule has 1 amide bonds. The first-order valence-electron chi connectivity index (χ1n) is 9.83. The van der Waals surface area contributed by atoms with Crippen LogP contribution in [0.4, 0.5) is 0 Å². The molecule has 1 atom stereocenters. The first-order valence-corrected chi connectivity index (χ1v) is 13.5. The predicted octanol–water partition coefficient (Wildman–Crippen LogP) is 3.82. The molecule has 2 aliphatic heterocycles. The summed E-state index contributed by atoms with van der Waals surface area (Å²) in [5.74, 6) is 0.779. The normalized spacial score (nSPS) is 20.6. The molecule has 0 unspecified atom stereocenters. The average Bonchev–Trinajstić information content (AvgIpc) is 3.44. The number of thioether (sulfide) groups is 1. The summed E-state index contributed by atoms with van der Waals surface area (Å²) in [7, 11) is -3.57. The fourth-order valence-electron chi connectivity index (χ4n) is 3.59. The zero-order valence-electron chi connectivity index (χ0n) is 16.3. The fraction of sp³-hybridized carbons (Fsp3) is 0.450. The van der Waals surface area contributed by atoms with Crippen LogP contribution in [0.15, 0.2) is 45.5 Å². The van der Waals surface area contributed by atoms with E-state index in [0.717, 1.165) is 41.4 Å². The third-order valence-electron chi connectivity index (χ3n) is 5.23. The number of amides is 1. The minimum atomic E-state index is -3.57. The maximum Gasteiger partial charge on any atom is 0.255 e. The van der Waals surface area contributed by atoms with Gasteiger partial charge in [0.25, 0.3) is 15.9 Å². The van der Waals surface area contributed by atoms with E-state index in [0.29, 0.717) is 23.0 Å². The van der Waals surface area contributed by atoms with Crippen LogP contribution in [0.5, 0.6) is 0 Å². The number of nitrogens with zero attached hydrogens (tertiary/aromatic N) is 2. The second kappa shape index (κ2) is 9.58. The largest absolute Gasteiger partial charge is 0.377 e. The van der Waals surface area contributed by atoms with Crippen LogP contribution in [0.2, 0.25) is 4.34 Å². The molecule has 0 spiro atoms. The highest BCUT2D eigenvalue weighted by Crippen LogP contribution is 2.30. The molecule has 2 aromatic rings. The van der Waals surface area contributed by atoms with Crippen LogP contribution in [0.25, 0.3) is 0 Å². The molecule has 0 saturated carbocycles. The standard InChI is InChI=1S/C20H23ClN2O4S3/c21-18-7-8-19(29-18)30(25,26)23-11-9-22(10-12-23)20(24)16-5-1-2-6-17(16)28-14-15-4-3-13-27-15/h1-2,5-8,15H,3-4,9-14H2/t15-/m0/s1. The molecular formula is C20H23ClN2O4S3. The van der Waals surface area contributed by atoms with Crippen molar-refractivity contribution in [3.8, 4) is 0 Å². The minimum absolute atomic E-state index is 0.0540. The molecule has 0 aliphatic carbocycles. The predicted molar refractivity (Wildman–Crippen MR) is 120 cm³/mol. The van der Waals surface area contributed by atoms with E-state index in [-0.39, 0.29) is 29.3 Å². The molecule has 162 valence electrons. The van der Waals surface area contributed by atoms with Gasteiger partial charge >= 0.3 is 0 Å². The number of carbonyl (C=O) groups is 1. The molecule has 10 heteroatoms. The van der Waals surface area contributed by atoms with Gasteiger partial charge in [-0.25, -0.2) is 8.42 Å². The lowest BCUT2D eigenvalue weighted by atomic mass is 10.2. The topological polar surface area (TPSA) is 66.9 Å². The molecule has 1 aromatic heterocycles. The summed E-state index contributed by atoms with van der Waals surface area (Å²) < 4.78 is 33.3. The van der Waals surface area contributed by atoms with Gasteiger partial charge in [0.15, 0.2) is 0 Å².